The van der Waals surface area contributed by atoms with Gasteiger partial charge in [-0.15, -0.1) is 0 Å². The van der Waals surface area contributed by atoms with Crippen LogP contribution in [0.2, 0.25) is 0 Å². The number of carbonyl (C=O) groups excluding carboxylic acids is 1. The predicted molar refractivity (Wildman–Crippen MR) is 48.1 cm³/mol. The quantitative estimate of drug-likeness (QED) is 0.669. The number of esters is 1. The lowest BCUT2D eigenvalue weighted by molar-refractivity contribution is -0.144. The molecule has 1 N–H and O–H groups in total. The molecule has 12 heavy (non-hydrogen) atoms. The topological polar surface area (TPSA) is 46.5 Å². The van der Waals surface area contributed by atoms with Crippen molar-refractivity contribution in [2.24, 2.45) is 0 Å². The van der Waals surface area contributed by atoms with Gasteiger partial charge in [-0.1, -0.05) is 6.92 Å². The van der Waals surface area contributed by atoms with Crippen LogP contribution in [0.5, 0.6) is 0 Å². The van der Waals surface area contributed by atoms with Crippen LogP contribution >= 0.6 is 11.8 Å². The van der Waals surface area contributed by atoms with E-state index in [9.17, 15) is 9.90 Å². The molecule has 1 fully saturated rings. The lowest BCUT2D eigenvalue weighted by atomic mass is 10.1. The Hall–Kier alpha value is -0.220. The molecule has 0 aromatic rings. The molecule has 3 nitrogen and oxygen atoms in total. The SMILES string of the molecule is CCSC1CC(=O)OC1C(C)O. The minimum absolute atomic E-state index is 0.141. The van der Waals surface area contributed by atoms with Gasteiger partial charge < -0.3 is 9.84 Å². The first-order valence-electron chi connectivity index (χ1n) is 4.14. The Balaban J connectivity index is 2.53. The summed E-state index contributed by atoms with van der Waals surface area (Å²) in [6, 6.07) is 0. The van der Waals surface area contributed by atoms with Gasteiger partial charge in [-0.05, 0) is 12.7 Å². The summed E-state index contributed by atoms with van der Waals surface area (Å²) in [4.78, 5) is 10.9. The average molecular weight is 190 g/mol. The van der Waals surface area contributed by atoms with Crippen LogP contribution in [0.4, 0.5) is 0 Å². The van der Waals surface area contributed by atoms with E-state index in [1.54, 1.807) is 18.7 Å². The number of aliphatic hydroxyl groups excluding tert-OH is 1. The monoisotopic (exact) mass is 190 g/mol. The molecule has 70 valence electrons. The average Bonchev–Trinajstić information content (AvgIpc) is 2.32. The highest BCUT2D eigenvalue weighted by Gasteiger charge is 2.37. The Labute approximate surface area is 76.5 Å². The number of ether oxygens (including phenoxy) is 1. The van der Waals surface area contributed by atoms with Gasteiger partial charge in [0.25, 0.3) is 0 Å². The second-order valence-electron chi connectivity index (χ2n) is 2.89. The summed E-state index contributed by atoms with van der Waals surface area (Å²) in [5.74, 6) is 0.761. The van der Waals surface area contributed by atoms with E-state index in [-0.39, 0.29) is 17.3 Å². The van der Waals surface area contributed by atoms with Gasteiger partial charge in [0.15, 0.2) is 0 Å². The summed E-state index contributed by atoms with van der Waals surface area (Å²) < 4.78 is 4.98. The van der Waals surface area contributed by atoms with Crippen LogP contribution in [0.3, 0.4) is 0 Å². The van der Waals surface area contributed by atoms with Crippen molar-refractivity contribution in [3.8, 4) is 0 Å². The third-order valence-corrected chi connectivity index (χ3v) is 3.05. The molecule has 1 saturated heterocycles. The Morgan fingerprint density at radius 2 is 2.50 bits per heavy atom. The van der Waals surface area contributed by atoms with Crippen molar-refractivity contribution >= 4 is 17.7 Å². The maximum Gasteiger partial charge on any atom is 0.307 e. The maximum absolute atomic E-state index is 10.9. The number of cyclic esters (lactones) is 1. The van der Waals surface area contributed by atoms with Crippen molar-refractivity contribution in [1.82, 2.24) is 0 Å². The van der Waals surface area contributed by atoms with E-state index in [0.717, 1.165) is 5.75 Å². The molecule has 0 bridgehead atoms. The van der Waals surface area contributed by atoms with E-state index in [0.29, 0.717) is 6.42 Å². The van der Waals surface area contributed by atoms with Crippen molar-refractivity contribution in [2.45, 2.75) is 37.7 Å². The third-order valence-electron chi connectivity index (χ3n) is 1.86. The Kier molecular flexibility index (Phi) is 3.40. The molecular weight excluding hydrogens is 176 g/mol. The lowest BCUT2D eigenvalue weighted by Gasteiger charge is -2.18. The molecule has 0 aromatic heterocycles. The Morgan fingerprint density at radius 3 is 3.00 bits per heavy atom. The van der Waals surface area contributed by atoms with Gasteiger partial charge in [0, 0.05) is 0 Å². The van der Waals surface area contributed by atoms with E-state index in [4.69, 9.17) is 4.74 Å². The largest absolute Gasteiger partial charge is 0.458 e. The molecule has 1 aliphatic rings. The maximum atomic E-state index is 10.9. The van der Waals surface area contributed by atoms with Gasteiger partial charge in [0.05, 0.1) is 17.8 Å². The van der Waals surface area contributed by atoms with Crippen molar-refractivity contribution < 1.29 is 14.6 Å². The number of aliphatic hydroxyl groups is 1. The lowest BCUT2D eigenvalue weighted by Crippen LogP contribution is -2.30. The van der Waals surface area contributed by atoms with Gasteiger partial charge in [0.2, 0.25) is 0 Å². The second kappa shape index (κ2) is 4.14. The number of thioether (sulfide) groups is 1. The Morgan fingerprint density at radius 1 is 1.83 bits per heavy atom. The normalized spacial score (nSPS) is 31.8. The van der Waals surface area contributed by atoms with Gasteiger partial charge in [-0.2, -0.15) is 11.8 Å². The second-order valence-corrected chi connectivity index (χ2v) is 4.41. The van der Waals surface area contributed by atoms with Gasteiger partial charge in [-0.3, -0.25) is 4.79 Å². The summed E-state index contributed by atoms with van der Waals surface area (Å²) in [5.41, 5.74) is 0. The van der Waals surface area contributed by atoms with Crippen LogP contribution in [0, 0.1) is 0 Å². The number of rotatable bonds is 3. The zero-order valence-corrected chi connectivity index (χ0v) is 8.13. The van der Waals surface area contributed by atoms with Crippen LogP contribution in [0.1, 0.15) is 20.3 Å². The molecular formula is C8H14O3S. The van der Waals surface area contributed by atoms with Crippen molar-refractivity contribution in [2.75, 3.05) is 5.75 Å². The van der Waals surface area contributed by atoms with Crippen molar-refractivity contribution in [3.05, 3.63) is 0 Å². The first kappa shape index (κ1) is 9.86. The summed E-state index contributed by atoms with van der Waals surface area (Å²) >= 11 is 1.67. The fraction of sp³-hybridized carbons (Fsp3) is 0.875. The zero-order chi connectivity index (χ0) is 9.14. The van der Waals surface area contributed by atoms with Crippen molar-refractivity contribution in [3.63, 3.8) is 0 Å². The summed E-state index contributed by atoms with van der Waals surface area (Å²) in [6.07, 6.45) is -0.420. The molecule has 4 heteroatoms. The molecule has 0 aliphatic carbocycles. The fourth-order valence-electron chi connectivity index (χ4n) is 1.33. The molecule has 1 heterocycles. The zero-order valence-electron chi connectivity index (χ0n) is 7.32. The van der Waals surface area contributed by atoms with E-state index in [2.05, 4.69) is 0 Å². The molecule has 0 amide bonds. The highest BCUT2D eigenvalue weighted by atomic mass is 32.2. The minimum Gasteiger partial charge on any atom is -0.458 e. The number of hydrogen-bond acceptors (Lipinski definition) is 4. The molecule has 3 unspecified atom stereocenters. The standard InChI is InChI=1S/C8H14O3S/c1-3-12-6-4-7(10)11-8(6)5(2)9/h5-6,8-9H,3-4H2,1-2H3. The molecule has 1 aliphatic heterocycles. The van der Waals surface area contributed by atoms with Crippen LogP contribution in [0.25, 0.3) is 0 Å². The van der Waals surface area contributed by atoms with Crippen LogP contribution < -0.4 is 0 Å². The van der Waals surface area contributed by atoms with E-state index >= 15 is 0 Å². The fourth-order valence-corrected chi connectivity index (χ4v) is 2.49. The highest BCUT2D eigenvalue weighted by Crippen LogP contribution is 2.28. The molecule has 0 spiro atoms. The van der Waals surface area contributed by atoms with E-state index in [1.165, 1.54) is 0 Å². The van der Waals surface area contributed by atoms with Crippen LogP contribution in [-0.4, -0.2) is 34.3 Å². The summed E-state index contributed by atoms with van der Waals surface area (Å²) in [7, 11) is 0. The van der Waals surface area contributed by atoms with Crippen molar-refractivity contribution in [1.29, 1.82) is 0 Å². The molecule has 3 atom stereocenters. The first-order valence-corrected chi connectivity index (χ1v) is 5.19. The van der Waals surface area contributed by atoms with Gasteiger partial charge >= 0.3 is 5.97 Å². The predicted octanol–water partition coefficient (Wildman–Crippen LogP) is 0.804. The Bertz CT molecular complexity index is 170. The molecule has 0 radical (unpaired) electrons. The summed E-state index contributed by atoms with van der Waals surface area (Å²) in [5, 5.41) is 9.42. The minimum atomic E-state index is -0.555. The first-order chi connectivity index (χ1) is 5.65. The van der Waals surface area contributed by atoms with E-state index in [1.807, 2.05) is 6.92 Å². The molecule has 0 aromatic carbocycles. The number of carbonyl (C=O) groups is 1. The van der Waals surface area contributed by atoms with Crippen LogP contribution in [0.15, 0.2) is 0 Å². The van der Waals surface area contributed by atoms with Gasteiger partial charge in [-0.25, -0.2) is 0 Å². The molecule has 1 rings (SSSR count). The van der Waals surface area contributed by atoms with Gasteiger partial charge in [0.1, 0.15) is 6.10 Å². The number of hydrogen-bond donors (Lipinski definition) is 1. The highest BCUT2D eigenvalue weighted by molar-refractivity contribution is 7.99. The third kappa shape index (κ3) is 2.14. The summed E-state index contributed by atoms with van der Waals surface area (Å²) in [6.45, 7) is 3.69. The smallest absolute Gasteiger partial charge is 0.307 e. The van der Waals surface area contributed by atoms with Crippen LogP contribution in [-0.2, 0) is 9.53 Å². The van der Waals surface area contributed by atoms with E-state index < -0.39 is 6.10 Å². The molecule has 0 saturated carbocycles.